The fourth-order valence-corrected chi connectivity index (χ4v) is 3.32. The molecular formula is C25H24Cl2N2O4. The molecule has 3 aromatic carbocycles. The third kappa shape index (κ3) is 8.00. The summed E-state index contributed by atoms with van der Waals surface area (Å²) in [5.74, 6) is 1.53. The van der Waals surface area contributed by atoms with Crippen LogP contribution in [0.1, 0.15) is 24.0 Å². The number of methoxy groups -OCH3 is 1. The molecule has 0 radical (unpaired) electrons. The van der Waals surface area contributed by atoms with E-state index in [0.29, 0.717) is 46.9 Å². The highest BCUT2D eigenvalue weighted by Gasteiger charge is 2.07. The maximum absolute atomic E-state index is 12.0. The smallest absolute Gasteiger partial charge is 0.240 e. The molecular weight excluding hydrogens is 463 g/mol. The number of hydrogen-bond acceptors (Lipinski definition) is 5. The zero-order chi connectivity index (χ0) is 23.5. The second kappa shape index (κ2) is 12.7. The quantitative estimate of drug-likeness (QED) is 0.208. The maximum Gasteiger partial charge on any atom is 0.240 e. The van der Waals surface area contributed by atoms with E-state index >= 15 is 0 Å². The Morgan fingerprint density at radius 2 is 1.76 bits per heavy atom. The number of rotatable bonds is 11. The zero-order valence-electron chi connectivity index (χ0n) is 18.1. The van der Waals surface area contributed by atoms with Crippen molar-refractivity contribution in [3.8, 4) is 17.2 Å². The Morgan fingerprint density at radius 1 is 0.970 bits per heavy atom. The van der Waals surface area contributed by atoms with Gasteiger partial charge in [0.15, 0.2) is 11.5 Å². The van der Waals surface area contributed by atoms with Crippen LogP contribution in [0.15, 0.2) is 71.8 Å². The van der Waals surface area contributed by atoms with Crippen LogP contribution in [0.3, 0.4) is 0 Å². The lowest BCUT2D eigenvalue weighted by molar-refractivity contribution is -0.121. The van der Waals surface area contributed by atoms with E-state index in [4.69, 9.17) is 37.4 Å². The number of hydrazone groups is 1. The van der Waals surface area contributed by atoms with E-state index in [2.05, 4.69) is 10.5 Å². The number of halogens is 2. The summed E-state index contributed by atoms with van der Waals surface area (Å²) < 4.78 is 16.8. The molecule has 0 bridgehead atoms. The van der Waals surface area contributed by atoms with Crippen molar-refractivity contribution in [1.29, 1.82) is 0 Å². The summed E-state index contributed by atoms with van der Waals surface area (Å²) >= 11 is 11.9. The van der Waals surface area contributed by atoms with Gasteiger partial charge in [-0.15, -0.1) is 0 Å². The molecule has 0 fully saturated rings. The number of hydrogen-bond donors (Lipinski definition) is 1. The summed E-state index contributed by atoms with van der Waals surface area (Å²) in [6.45, 7) is 0.786. The summed E-state index contributed by atoms with van der Waals surface area (Å²) in [4.78, 5) is 12.0. The summed E-state index contributed by atoms with van der Waals surface area (Å²) in [5.41, 5.74) is 4.34. The van der Waals surface area contributed by atoms with Gasteiger partial charge in [-0.1, -0.05) is 53.5 Å². The van der Waals surface area contributed by atoms with E-state index in [-0.39, 0.29) is 12.3 Å². The highest BCUT2D eigenvalue weighted by atomic mass is 35.5. The Hall–Kier alpha value is -3.22. The van der Waals surface area contributed by atoms with E-state index in [1.165, 1.54) is 0 Å². The summed E-state index contributed by atoms with van der Waals surface area (Å²) in [7, 11) is 1.58. The third-order valence-corrected chi connectivity index (χ3v) is 5.06. The van der Waals surface area contributed by atoms with E-state index in [0.717, 1.165) is 11.1 Å². The number of carbonyl (C=O) groups excluding carboxylic acids is 1. The first kappa shape index (κ1) is 24.4. The van der Waals surface area contributed by atoms with Gasteiger partial charge in [0, 0.05) is 11.4 Å². The molecule has 33 heavy (non-hydrogen) atoms. The third-order valence-electron chi connectivity index (χ3n) is 4.53. The Kier molecular flexibility index (Phi) is 9.42. The lowest BCUT2D eigenvalue weighted by Crippen LogP contribution is -2.18. The van der Waals surface area contributed by atoms with Gasteiger partial charge in [0.1, 0.15) is 12.4 Å². The summed E-state index contributed by atoms with van der Waals surface area (Å²) in [5, 5.41) is 4.98. The highest BCUT2D eigenvalue weighted by Crippen LogP contribution is 2.29. The fourth-order valence-electron chi connectivity index (χ4n) is 2.86. The van der Waals surface area contributed by atoms with Crippen molar-refractivity contribution in [2.24, 2.45) is 5.10 Å². The second-order valence-electron chi connectivity index (χ2n) is 7.00. The zero-order valence-corrected chi connectivity index (χ0v) is 19.6. The number of ether oxygens (including phenoxy) is 3. The Balaban J connectivity index is 1.42. The molecule has 0 aliphatic carbocycles. The standard InChI is InChI=1S/C25H24Cl2N2O4/c1-31-24-14-19(9-11-23(24)33-17-18-6-3-2-4-7-18)16-28-29-25(30)8-5-13-32-22-12-10-20(26)15-21(22)27/h2-4,6-7,9-12,14-16H,5,8,13,17H2,1H3,(H,29,30)/b28-16+. The average molecular weight is 487 g/mol. The molecule has 0 saturated heterocycles. The van der Waals surface area contributed by atoms with Crippen LogP contribution in [0.25, 0.3) is 0 Å². The van der Waals surface area contributed by atoms with Crippen molar-refractivity contribution in [2.45, 2.75) is 19.4 Å². The van der Waals surface area contributed by atoms with Crippen molar-refractivity contribution in [3.63, 3.8) is 0 Å². The van der Waals surface area contributed by atoms with Gasteiger partial charge in [0.2, 0.25) is 5.91 Å². The number of benzene rings is 3. The minimum Gasteiger partial charge on any atom is -0.493 e. The van der Waals surface area contributed by atoms with Crippen LogP contribution < -0.4 is 19.6 Å². The Bertz CT molecular complexity index is 1090. The largest absolute Gasteiger partial charge is 0.493 e. The van der Waals surface area contributed by atoms with Crippen LogP contribution in [0, 0.1) is 0 Å². The minimum absolute atomic E-state index is 0.216. The van der Waals surface area contributed by atoms with Crippen molar-refractivity contribution >= 4 is 35.3 Å². The Morgan fingerprint density at radius 3 is 2.52 bits per heavy atom. The maximum atomic E-state index is 12.0. The molecule has 0 spiro atoms. The lowest BCUT2D eigenvalue weighted by atomic mass is 10.2. The van der Waals surface area contributed by atoms with E-state index < -0.39 is 0 Å². The molecule has 172 valence electrons. The molecule has 0 aromatic heterocycles. The van der Waals surface area contributed by atoms with Gasteiger partial charge in [-0.25, -0.2) is 5.43 Å². The molecule has 0 aliphatic heterocycles. The first-order valence-electron chi connectivity index (χ1n) is 10.3. The van der Waals surface area contributed by atoms with Gasteiger partial charge in [-0.3, -0.25) is 4.79 Å². The van der Waals surface area contributed by atoms with Crippen molar-refractivity contribution < 1.29 is 19.0 Å². The number of nitrogens with one attached hydrogen (secondary N) is 1. The van der Waals surface area contributed by atoms with Crippen molar-refractivity contribution in [3.05, 3.63) is 87.9 Å². The first-order chi connectivity index (χ1) is 16.0. The highest BCUT2D eigenvalue weighted by molar-refractivity contribution is 6.35. The molecule has 3 rings (SSSR count). The SMILES string of the molecule is COc1cc(/C=N/NC(=O)CCCOc2ccc(Cl)cc2Cl)ccc1OCc1ccccc1. The number of nitrogens with zero attached hydrogens (tertiary/aromatic N) is 1. The predicted molar refractivity (Wildman–Crippen MR) is 131 cm³/mol. The van der Waals surface area contributed by atoms with E-state index in [1.54, 1.807) is 37.6 Å². The molecule has 3 aromatic rings. The predicted octanol–water partition coefficient (Wildman–Crippen LogP) is 5.89. The van der Waals surface area contributed by atoms with Crippen molar-refractivity contribution in [1.82, 2.24) is 5.43 Å². The fraction of sp³-hybridized carbons (Fsp3) is 0.200. The van der Waals surface area contributed by atoms with Gasteiger partial charge in [0.25, 0.3) is 0 Å². The van der Waals surface area contributed by atoms with Gasteiger partial charge < -0.3 is 14.2 Å². The van der Waals surface area contributed by atoms with Crippen LogP contribution in [-0.4, -0.2) is 25.8 Å². The Labute approximate surface area is 203 Å². The summed E-state index contributed by atoms with van der Waals surface area (Å²) in [6, 6.07) is 20.3. The minimum atomic E-state index is -0.216. The van der Waals surface area contributed by atoms with Gasteiger partial charge >= 0.3 is 0 Å². The molecule has 1 amide bonds. The van der Waals surface area contributed by atoms with Crippen molar-refractivity contribution in [2.75, 3.05) is 13.7 Å². The lowest BCUT2D eigenvalue weighted by Gasteiger charge is -2.11. The molecule has 6 nitrogen and oxygen atoms in total. The van der Waals surface area contributed by atoms with Crippen LogP contribution in [0.5, 0.6) is 17.2 Å². The molecule has 0 saturated carbocycles. The van der Waals surface area contributed by atoms with Crippen LogP contribution in [0.2, 0.25) is 10.0 Å². The van der Waals surface area contributed by atoms with Gasteiger partial charge in [0.05, 0.1) is 25.0 Å². The van der Waals surface area contributed by atoms with E-state index in [9.17, 15) is 4.79 Å². The molecule has 0 aliphatic rings. The van der Waals surface area contributed by atoms with E-state index in [1.807, 2.05) is 42.5 Å². The summed E-state index contributed by atoms with van der Waals surface area (Å²) in [6.07, 6.45) is 2.32. The molecule has 0 atom stereocenters. The molecule has 0 unspecified atom stereocenters. The van der Waals surface area contributed by atoms with Gasteiger partial charge in [-0.2, -0.15) is 5.10 Å². The first-order valence-corrected chi connectivity index (χ1v) is 11.1. The van der Waals surface area contributed by atoms with Crippen LogP contribution in [0.4, 0.5) is 0 Å². The topological polar surface area (TPSA) is 69.2 Å². The second-order valence-corrected chi connectivity index (χ2v) is 7.85. The molecule has 1 N–H and O–H groups in total. The molecule has 8 heteroatoms. The molecule has 0 heterocycles. The normalized spacial score (nSPS) is 10.8. The van der Waals surface area contributed by atoms with Gasteiger partial charge in [-0.05, 0) is 53.9 Å². The number of carbonyl (C=O) groups is 1. The number of amides is 1. The average Bonchev–Trinajstić information content (AvgIpc) is 2.82. The van der Waals surface area contributed by atoms with Crippen LogP contribution >= 0.6 is 23.2 Å². The van der Waals surface area contributed by atoms with Crippen LogP contribution in [-0.2, 0) is 11.4 Å². The monoisotopic (exact) mass is 486 g/mol.